The van der Waals surface area contributed by atoms with E-state index in [1.54, 1.807) is 6.07 Å². The van der Waals surface area contributed by atoms with E-state index < -0.39 is 4.92 Å². The predicted molar refractivity (Wildman–Crippen MR) is 81.4 cm³/mol. The molecule has 0 spiro atoms. The number of hydrogen-bond donors (Lipinski definition) is 1. The molecule has 0 bridgehead atoms. The molecular weight excluding hydrogens is 340 g/mol. The highest BCUT2D eigenvalue weighted by molar-refractivity contribution is 9.10. The van der Waals surface area contributed by atoms with Gasteiger partial charge < -0.3 is 10.5 Å². The van der Waals surface area contributed by atoms with Crippen molar-refractivity contribution in [3.05, 3.63) is 44.7 Å². The van der Waals surface area contributed by atoms with Crippen LogP contribution in [0.4, 0.5) is 11.5 Å². The van der Waals surface area contributed by atoms with E-state index >= 15 is 0 Å². The first-order chi connectivity index (χ1) is 9.88. The zero-order valence-electron chi connectivity index (χ0n) is 11.4. The van der Waals surface area contributed by atoms with Crippen LogP contribution in [-0.4, -0.2) is 14.9 Å². The van der Waals surface area contributed by atoms with Gasteiger partial charge in [0.1, 0.15) is 16.1 Å². The molecule has 2 aromatic rings. The Morgan fingerprint density at radius 3 is 2.71 bits per heavy atom. The Hall–Kier alpha value is -2.22. The number of nitro groups is 1. The maximum atomic E-state index is 10.9. The number of aromatic nitrogens is 2. The highest BCUT2D eigenvalue weighted by Gasteiger charge is 2.17. The van der Waals surface area contributed by atoms with Crippen molar-refractivity contribution >= 4 is 27.4 Å². The van der Waals surface area contributed by atoms with Gasteiger partial charge in [0.05, 0.1) is 4.92 Å². The van der Waals surface area contributed by atoms with Gasteiger partial charge in [-0.05, 0) is 22.0 Å². The number of ether oxygens (including phenoxy) is 1. The number of nitrogens with zero attached hydrogens (tertiary/aromatic N) is 3. The van der Waals surface area contributed by atoms with Crippen molar-refractivity contribution in [3.63, 3.8) is 0 Å². The van der Waals surface area contributed by atoms with Gasteiger partial charge in [-0.3, -0.25) is 10.1 Å². The highest BCUT2D eigenvalue weighted by Crippen LogP contribution is 2.36. The Morgan fingerprint density at radius 2 is 2.10 bits per heavy atom. The van der Waals surface area contributed by atoms with E-state index in [2.05, 4.69) is 25.9 Å². The number of nitrogens with two attached hydrogens (primary N) is 1. The molecule has 7 nitrogen and oxygen atoms in total. The smallest absolute Gasteiger partial charge is 0.287 e. The summed E-state index contributed by atoms with van der Waals surface area (Å²) >= 11 is 3.16. The molecule has 2 N–H and O–H groups in total. The largest absolute Gasteiger partial charge is 0.437 e. The molecule has 1 aromatic carbocycles. The first-order valence-electron chi connectivity index (χ1n) is 6.13. The van der Waals surface area contributed by atoms with E-state index in [-0.39, 0.29) is 33.5 Å². The Balaban J connectivity index is 2.39. The molecule has 0 unspecified atom stereocenters. The monoisotopic (exact) mass is 352 g/mol. The minimum absolute atomic E-state index is 0.0846. The predicted octanol–water partition coefficient (Wildman–Crippen LogP) is 3.65. The van der Waals surface area contributed by atoms with Gasteiger partial charge in [-0.25, -0.2) is 4.98 Å². The molecule has 0 amide bonds. The normalized spacial score (nSPS) is 10.7. The average molecular weight is 353 g/mol. The standard InChI is InChI=1S/C13H13BrN4O3/c1-7(2)13-16-10(15)6-11(17-13)21-9-5-3-4-8(12(9)14)18(19)20/h3-7H,1-2H3,(H2,15,16,17). The van der Waals surface area contributed by atoms with Crippen LogP contribution in [0.3, 0.4) is 0 Å². The number of benzene rings is 1. The minimum atomic E-state index is -0.495. The number of anilines is 1. The molecule has 1 aromatic heterocycles. The summed E-state index contributed by atoms with van der Waals surface area (Å²) in [5.41, 5.74) is 5.63. The van der Waals surface area contributed by atoms with Gasteiger partial charge in [-0.2, -0.15) is 4.98 Å². The fraction of sp³-hybridized carbons (Fsp3) is 0.231. The Labute approximate surface area is 129 Å². The lowest BCUT2D eigenvalue weighted by Crippen LogP contribution is -2.03. The second-order valence-electron chi connectivity index (χ2n) is 4.59. The molecule has 1 heterocycles. The summed E-state index contributed by atoms with van der Waals surface area (Å²) < 4.78 is 5.84. The van der Waals surface area contributed by atoms with Crippen molar-refractivity contribution in [2.45, 2.75) is 19.8 Å². The number of rotatable bonds is 4. The quantitative estimate of drug-likeness (QED) is 0.665. The number of nitrogen functional groups attached to an aromatic ring is 1. The average Bonchev–Trinajstić information content (AvgIpc) is 2.40. The van der Waals surface area contributed by atoms with E-state index in [0.717, 1.165) is 0 Å². The van der Waals surface area contributed by atoms with E-state index in [0.29, 0.717) is 5.82 Å². The fourth-order valence-electron chi connectivity index (χ4n) is 1.60. The molecule has 0 fully saturated rings. The van der Waals surface area contributed by atoms with Crippen molar-refractivity contribution in [1.82, 2.24) is 9.97 Å². The summed E-state index contributed by atoms with van der Waals surface area (Å²) in [5, 5.41) is 10.9. The zero-order chi connectivity index (χ0) is 15.6. The Morgan fingerprint density at radius 1 is 1.38 bits per heavy atom. The van der Waals surface area contributed by atoms with Crippen LogP contribution in [0.5, 0.6) is 11.6 Å². The first kappa shape index (κ1) is 15.2. The van der Waals surface area contributed by atoms with Crippen LogP contribution in [0.1, 0.15) is 25.6 Å². The van der Waals surface area contributed by atoms with Gasteiger partial charge >= 0.3 is 0 Å². The van der Waals surface area contributed by atoms with Crippen molar-refractivity contribution < 1.29 is 9.66 Å². The first-order valence-corrected chi connectivity index (χ1v) is 6.93. The van der Waals surface area contributed by atoms with Crippen molar-refractivity contribution in [2.75, 3.05) is 5.73 Å². The summed E-state index contributed by atoms with van der Waals surface area (Å²) in [7, 11) is 0. The molecule has 0 aliphatic rings. The van der Waals surface area contributed by atoms with E-state index in [1.165, 1.54) is 18.2 Å². The summed E-state index contributed by atoms with van der Waals surface area (Å²) in [6, 6.07) is 5.98. The molecule has 21 heavy (non-hydrogen) atoms. The summed E-state index contributed by atoms with van der Waals surface area (Å²) in [6.07, 6.45) is 0. The summed E-state index contributed by atoms with van der Waals surface area (Å²) in [4.78, 5) is 18.8. The van der Waals surface area contributed by atoms with Gasteiger partial charge in [-0.1, -0.05) is 19.9 Å². The van der Waals surface area contributed by atoms with Crippen LogP contribution in [0.25, 0.3) is 0 Å². The zero-order valence-corrected chi connectivity index (χ0v) is 13.0. The molecule has 110 valence electrons. The molecular formula is C13H13BrN4O3. The van der Waals surface area contributed by atoms with Gasteiger partial charge in [0, 0.05) is 18.1 Å². The van der Waals surface area contributed by atoms with E-state index in [1.807, 2.05) is 13.8 Å². The van der Waals surface area contributed by atoms with Crippen LogP contribution in [-0.2, 0) is 0 Å². The maximum absolute atomic E-state index is 10.9. The fourth-order valence-corrected chi connectivity index (χ4v) is 2.09. The van der Waals surface area contributed by atoms with Crippen LogP contribution >= 0.6 is 15.9 Å². The topological polar surface area (TPSA) is 104 Å². The lowest BCUT2D eigenvalue weighted by atomic mass is 10.2. The Kier molecular flexibility index (Phi) is 4.37. The van der Waals surface area contributed by atoms with Gasteiger partial charge in [0.2, 0.25) is 5.88 Å². The summed E-state index contributed by atoms with van der Waals surface area (Å²) in [6.45, 7) is 3.86. The lowest BCUT2D eigenvalue weighted by molar-refractivity contribution is -0.385. The third-order valence-corrected chi connectivity index (χ3v) is 3.41. The number of hydrogen-bond acceptors (Lipinski definition) is 6. The van der Waals surface area contributed by atoms with Gasteiger partial charge in [0.15, 0.2) is 5.75 Å². The molecule has 0 aliphatic heterocycles. The second-order valence-corrected chi connectivity index (χ2v) is 5.39. The lowest BCUT2D eigenvalue weighted by Gasteiger charge is -2.10. The Bertz CT molecular complexity index is 691. The molecule has 0 saturated carbocycles. The summed E-state index contributed by atoms with van der Waals surface area (Å²) in [5.74, 6) is 1.45. The number of halogens is 1. The van der Waals surface area contributed by atoms with Crippen LogP contribution in [0, 0.1) is 10.1 Å². The highest BCUT2D eigenvalue weighted by atomic mass is 79.9. The van der Waals surface area contributed by atoms with Gasteiger partial charge in [-0.15, -0.1) is 0 Å². The molecule has 0 saturated heterocycles. The third kappa shape index (κ3) is 3.46. The van der Waals surface area contributed by atoms with Crippen LogP contribution in [0.15, 0.2) is 28.7 Å². The SMILES string of the molecule is CC(C)c1nc(N)cc(Oc2cccc([N+](=O)[O-])c2Br)n1. The molecule has 0 aliphatic carbocycles. The van der Waals surface area contributed by atoms with Crippen LogP contribution in [0.2, 0.25) is 0 Å². The molecule has 0 atom stereocenters. The maximum Gasteiger partial charge on any atom is 0.287 e. The number of nitro benzene ring substituents is 1. The van der Waals surface area contributed by atoms with Crippen LogP contribution < -0.4 is 10.5 Å². The minimum Gasteiger partial charge on any atom is -0.437 e. The second kappa shape index (κ2) is 6.04. The molecule has 0 radical (unpaired) electrons. The van der Waals surface area contributed by atoms with Crippen molar-refractivity contribution in [3.8, 4) is 11.6 Å². The molecule has 8 heteroatoms. The van der Waals surface area contributed by atoms with Crippen molar-refractivity contribution in [1.29, 1.82) is 0 Å². The molecule has 2 rings (SSSR count). The third-order valence-electron chi connectivity index (χ3n) is 2.61. The van der Waals surface area contributed by atoms with E-state index in [9.17, 15) is 10.1 Å². The van der Waals surface area contributed by atoms with Crippen molar-refractivity contribution in [2.24, 2.45) is 0 Å². The van der Waals surface area contributed by atoms with Gasteiger partial charge in [0.25, 0.3) is 5.69 Å². The van der Waals surface area contributed by atoms with E-state index in [4.69, 9.17) is 10.5 Å².